The highest BCUT2D eigenvalue weighted by molar-refractivity contribution is 14.0. The van der Waals surface area contributed by atoms with Gasteiger partial charge >= 0.3 is 0 Å². The molecule has 0 unspecified atom stereocenters. The summed E-state index contributed by atoms with van der Waals surface area (Å²) in [6.07, 6.45) is 2.00. The van der Waals surface area contributed by atoms with Crippen molar-refractivity contribution in [2.24, 2.45) is 4.99 Å². The molecule has 2 aromatic rings. The number of nitrogens with one attached hydrogen (secondary N) is 2. The molecule has 7 heteroatoms. The van der Waals surface area contributed by atoms with Crippen molar-refractivity contribution in [1.82, 2.24) is 10.6 Å². The number of hydrogen-bond donors (Lipinski definition) is 2. The minimum atomic E-state index is 0. The van der Waals surface area contributed by atoms with Gasteiger partial charge in [-0.2, -0.15) is 0 Å². The Labute approximate surface area is 202 Å². The van der Waals surface area contributed by atoms with Gasteiger partial charge in [-0.3, -0.25) is 0 Å². The Morgan fingerprint density at radius 2 is 1.71 bits per heavy atom. The second-order valence-electron chi connectivity index (χ2n) is 7.50. The van der Waals surface area contributed by atoms with Crippen LogP contribution in [-0.2, 0) is 16.7 Å². The van der Waals surface area contributed by atoms with Gasteiger partial charge in [-0.25, -0.2) is 4.99 Å². The van der Waals surface area contributed by atoms with Crippen molar-refractivity contribution in [2.75, 3.05) is 40.5 Å². The van der Waals surface area contributed by atoms with E-state index < -0.39 is 0 Å². The number of halogens is 1. The number of nitrogens with zero attached hydrogens (tertiary/aromatic N) is 1. The van der Waals surface area contributed by atoms with Crippen molar-refractivity contribution in [3.63, 3.8) is 0 Å². The lowest BCUT2D eigenvalue weighted by molar-refractivity contribution is 0.0514. The van der Waals surface area contributed by atoms with Crippen LogP contribution in [0.25, 0.3) is 0 Å². The molecule has 31 heavy (non-hydrogen) atoms. The number of rotatable bonds is 8. The Bertz CT molecular complexity index is 824. The van der Waals surface area contributed by atoms with Gasteiger partial charge in [0.2, 0.25) is 0 Å². The van der Waals surface area contributed by atoms with Crippen molar-refractivity contribution in [3.05, 3.63) is 59.7 Å². The zero-order valence-corrected chi connectivity index (χ0v) is 21.0. The van der Waals surface area contributed by atoms with Crippen molar-refractivity contribution in [3.8, 4) is 11.5 Å². The van der Waals surface area contributed by atoms with E-state index in [0.29, 0.717) is 12.3 Å². The van der Waals surface area contributed by atoms with Crippen LogP contribution >= 0.6 is 24.0 Å². The zero-order valence-electron chi connectivity index (χ0n) is 18.6. The molecule has 1 aliphatic rings. The Balaban J connectivity index is 0.00000341. The highest BCUT2D eigenvalue weighted by Crippen LogP contribution is 2.34. The number of methoxy groups -OCH3 is 2. The van der Waals surface area contributed by atoms with Crippen LogP contribution in [0.4, 0.5) is 0 Å². The average Bonchev–Trinajstić information content (AvgIpc) is 2.81. The maximum atomic E-state index is 5.65. The van der Waals surface area contributed by atoms with E-state index in [9.17, 15) is 0 Å². The van der Waals surface area contributed by atoms with Gasteiger partial charge in [0, 0.05) is 31.7 Å². The fourth-order valence-electron chi connectivity index (χ4n) is 3.87. The topological polar surface area (TPSA) is 64.1 Å². The Hall–Kier alpha value is -2.00. The third-order valence-corrected chi connectivity index (χ3v) is 5.64. The Kier molecular flexibility index (Phi) is 10.4. The largest absolute Gasteiger partial charge is 0.493 e. The van der Waals surface area contributed by atoms with E-state index in [1.165, 1.54) is 5.56 Å². The van der Waals surface area contributed by atoms with Crippen LogP contribution in [0.5, 0.6) is 11.5 Å². The van der Waals surface area contributed by atoms with E-state index in [1.54, 1.807) is 14.2 Å². The number of aliphatic imine (C=N–C) groups is 1. The van der Waals surface area contributed by atoms with Crippen molar-refractivity contribution < 1.29 is 14.2 Å². The highest BCUT2D eigenvalue weighted by atomic mass is 127. The first-order valence-corrected chi connectivity index (χ1v) is 10.6. The fraction of sp³-hybridized carbons (Fsp3) is 0.458. The molecular weight excluding hydrogens is 505 g/mol. The summed E-state index contributed by atoms with van der Waals surface area (Å²) < 4.78 is 16.4. The highest BCUT2D eigenvalue weighted by Gasteiger charge is 2.34. The van der Waals surface area contributed by atoms with Crippen molar-refractivity contribution >= 4 is 29.9 Å². The molecule has 3 rings (SSSR count). The SMILES string of the molecule is CCNC(=NCc1ccc(OC)c(OC)c1)NCC1(c2ccccc2)CCOCC1.I. The van der Waals surface area contributed by atoms with E-state index in [4.69, 9.17) is 19.2 Å². The Morgan fingerprint density at radius 1 is 1.00 bits per heavy atom. The van der Waals surface area contributed by atoms with E-state index in [0.717, 1.165) is 56.4 Å². The van der Waals surface area contributed by atoms with Crippen LogP contribution in [0.15, 0.2) is 53.5 Å². The van der Waals surface area contributed by atoms with Gasteiger partial charge in [0.05, 0.1) is 20.8 Å². The van der Waals surface area contributed by atoms with Crippen LogP contribution in [0.2, 0.25) is 0 Å². The summed E-state index contributed by atoms with van der Waals surface area (Å²) >= 11 is 0. The lowest BCUT2D eigenvalue weighted by atomic mass is 9.74. The third-order valence-electron chi connectivity index (χ3n) is 5.64. The standard InChI is InChI=1S/C24H33N3O3.HI/c1-4-25-23(26-17-19-10-11-21(28-2)22(16-19)29-3)27-18-24(12-14-30-15-13-24)20-8-6-5-7-9-20;/h5-11,16H,4,12-15,17-18H2,1-3H3,(H2,25,26,27);1H. The summed E-state index contributed by atoms with van der Waals surface area (Å²) in [5.41, 5.74) is 2.48. The van der Waals surface area contributed by atoms with E-state index in [2.05, 4.69) is 47.9 Å². The zero-order chi connectivity index (χ0) is 21.2. The molecule has 0 saturated carbocycles. The normalized spacial score (nSPS) is 15.5. The summed E-state index contributed by atoms with van der Waals surface area (Å²) in [6.45, 7) is 5.83. The minimum absolute atomic E-state index is 0. The molecular formula is C24H34IN3O3. The molecule has 1 saturated heterocycles. The van der Waals surface area contributed by atoms with Crippen LogP contribution in [0.3, 0.4) is 0 Å². The Morgan fingerprint density at radius 3 is 2.35 bits per heavy atom. The molecule has 2 aromatic carbocycles. The molecule has 0 amide bonds. The summed E-state index contributed by atoms with van der Waals surface area (Å²) in [4.78, 5) is 4.79. The van der Waals surface area contributed by atoms with Crippen LogP contribution in [0.1, 0.15) is 30.9 Å². The molecule has 0 spiro atoms. The number of guanidine groups is 1. The van der Waals surface area contributed by atoms with Gasteiger partial charge in [0.1, 0.15) is 0 Å². The minimum Gasteiger partial charge on any atom is -0.493 e. The van der Waals surface area contributed by atoms with Crippen molar-refractivity contribution in [1.29, 1.82) is 0 Å². The fourth-order valence-corrected chi connectivity index (χ4v) is 3.87. The third kappa shape index (κ3) is 6.74. The predicted octanol–water partition coefficient (Wildman–Crippen LogP) is 4.13. The molecule has 6 nitrogen and oxygen atoms in total. The maximum absolute atomic E-state index is 5.65. The number of benzene rings is 2. The molecule has 1 heterocycles. The van der Waals surface area contributed by atoms with Gasteiger partial charge in [-0.05, 0) is 43.0 Å². The molecule has 0 atom stereocenters. The molecule has 0 aromatic heterocycles. The summed E-state index contributed by atoms with van der Waals surface area (Å²) in [5.74, 6) is 2.25. The molecule has 1 fully saturated rings. The first kappa shape index (κ1) is 25.3. The molecule has 0 bridgehead atoms. The molecule has 0 aliphatic carbocycles. The molecule has 170 valence electrons. The number of hydrogen-bond acceptors (Lipinski definition) is 4. The van der Waals surface area contributed by atoms with Crippen molar-refractivity contribution in [2.45, 2.75) is 31.7 Å². The van der Waals surface area contributed by atoms with E-state index in [-0.39, 0.29) is 29.4 Å². The molecule has 2 N–H and O–H groups in total. The van der Waals surface area contributed by atoms with Gasteiger partial charge in [-0.1, -0.05) is 36.4 Å². The lowest BCUT2D eigenvalue weighted by Crippen LogP contribution is -2.48. The first-order valence-electron chi connectivity index (χ1n) is 10.6. The maximum Gasteiger partial charge on any atom is 0.191 e. The average molecular weight is 539 g/mol. The summed E-state index contributed by atoms with van der Waals surface area (Å²) in [7, 11) is 3.29. The molecule has 0 radical (unpaired) electrons. The summed E-state index contributed by atoms with van der Waals surface area (Å²) in [6, 6.07) is 16.6. The van der Waals surface area contributed by atoms with E-state index >= 15 is 0 Å². The lowest BCUT2D eigenvalue weighted by Gasteiger charge is -2.38. The quantitative estimate of drug-likeness (QED) is 0.300. The van der Waals surface area contributed by atoms with E-state index in [1.807, 2.05) is 18.2 Å². The van der Waals surface area contributed by atoms with Gasteiger partial charge < -0.3 is 24.8 Å². The summed E-state index contributed by atoms with van der Waals surface area (Å²) in [5, 5.41) is 6.94. The second kappa shape index (κ2) is 12.8. The number of ether oxygens (including phenoxy) is 3. The van der Waals surface area contributed by atoms with Crippen LogP contribution in [-0.4, -0.2) is 46.5 Å². The predicted molar refractivity (Wildman–Crippen MR) is 136 cm³/mol. The van der Waals surface area contributed by atoms with Crippen LogP contribution < -0.4 is 20.1 Å². The van der Waals surface area contributed by atoms with Gasteiger partial charge in [-0.15, -0.1) is 24.0 Å². The monoisotopic (exact) mass is 539 g/mol. The molecule has 1 aliphatic heterocycles. The first-order chi connectivity index (χ1) is 14.7. The van der Waals surface area contributed by atoms with Gasteiger partial charge in [0.15, 0.2) is 17.5 Å². The van der Waals surface area contributed by atoms with Crippen LogP contribution in [0, 0.1) is 0 Å². The second-order valence-corrected chi connectivity index (χ2v) is 7.50. The smallest absolute Gasteiger partial charge is 0.191 e. The van der Waals surface area contributed by atoms with Gasteiger partial charge in [0.25, 0.3) is 0 Å².